The Morgan fingerprint density at radius 2 is 2.25 bits per heavy atom. The second-order valence-corrected chi connectivity index (χ2v) is 3.81. The largest absolute Gasteiger partial charge is 0.489 e. The molecule has 0 saturated heterocycles. The molecule has 88 valence electrons. The molecule has 2 N–H and O–H groups in total. The molecular formula is C13H18FNO. The number of ether oxygens (including phenoxy) is 1. The van der Waals surface area contributed by atoms with Crippen molar-refractivity contribution in [1.29, 1.82) is 0 Å². The minimum absolute atomic E-state index is 0.00846. The summed E-state index contributed by atoms with van der Waals surface area (Å²) >= 11 is 0. The monoisotopic (exact) mass is 223 g/mol. The summed E-state index contributed by atoms with van der Waals surface area (Å²) in [6.07, 6.45) is 4.43. The van der Waals surface area contributed by atoms with Gasteiger partial charge in [0.25, 0.3) is 0 Å². The van der Waals surface area contributed by atoms with E-state index in [2.05, 4.69) is 0 Å². The van der Waals surface area contributed by atoms with Crippen LogP contribution in [0.15, 0.2) is 30.4 Å². The van der Waals surface area contributed by atoms with Crippen LogP contribution in [0.25, 0.3) is 0 Å². The van der Waals surface area contributed by atoms with E-state index in [0.717, 1.165) is 5.56 Å². The Balaban J connectivity index is 2.80. The van der Waals surface area contributed by atoms with Crippen molar-refractivity contribution in [2.24, 2.45) is 5.73 Å². The molecule has 0 heterocycles. The first-order valence-corrected chi connectivity index (χ1v) is 5.41. The molecule has 0 bridgehead atoms. The Morgan fingerprint density at radius 1 is 1.50 bits per heavy atom. The predicted octanol–water partition coefficient (Wildman–Crippen LogP) is 2.67. The van der Waals surface area contributed by atoms with Crippen LogP contribution >= 0.6 is 0 Å². The zero-order valence-electron chi connectivity index (χ0n) is 9.74. The molecule has 0 aliphatic heterocycles. The third kappa shape index (κ3) is 4.03. The van der Waals surface area contributed by atoms with E-state index in [1.54, 1.807) is 6.07 Å². The van der Waals surface area contributed by atoms with Gasteiger partial charge in [-0.05, 0) is 44.0 Å². The number of nitrogens with two attached hydrogens (primary N) is 1. The highest BCUT2D eigenvalue weighted by atomic mass is 19.1. The smallest absolute Gasteiger partial charge is 0.123 e. The molecule has 1 aromatic rings. The highest BCUT2D eigenvalue weighted by molar-refractivity contribution is 5.34. The van der Waals surface area contributed by atoms with Gasteiger partial charge in [0.15, 0.2) is 0 Å². The highest BCUT2D eigenvalue weighted by Crippen LogP contribution is 2.21. The lowest BCUT2D eigenvalue weighted by Gasteiger charge is -2.12. The molecule has 16 heavy (non-hydrogen) atoms. The van der Waals surface area contributed by atoms with E-state index in [-0.39, 0.29) is 11.9 Å². The molecule has 0 radical (unpaired) electrons. The van der Waals surface area contributed by atoms with Crippen molar-refractivity contribution in [1.82, 2.24) is 0 Å². The summed E-state index contributed by atoms with van der Waals surface area (Å²) in [5.41, 5.74) is 6.53. The first kappa shape index (κ1) is 12.7. The van der Waals surface area contributed by atoms with Gasteiger partial charge in [0.05, 0.1) is 0 Å². The average Bonchev–Trinajstić information content (AvgIpc) is 2.20. The zero-order chi connectivity index (χ0) is 12.0. The van der Waals surface area contributed by atoms with Gasteiger partial charge in [0.1, 0.15) is 18.2 Å². The summed E-state index contributed by atoms with van der Waals surface area (Å²) in [6.45, 7) is 4.31. The normalized spacial score (nSPS) is 13.0. The maximum absolute atomic E-state index is 13.1. The molecular weight excluding hydrogens is 205 g/mol. The maximum Gasteiger partial charge on any atom is 0.123 e. The lowest BCUT2D eigenvalue weighted by Crippen LogP contribution is -2.18. The fraction of sp³-hybridized carbons (Fsp3) is 0.385. The Morgan fingerprint density at radius 3 is 2.88 bits per heavy atom. The molecule has 0 aliphatic rings. The summed E-state index contributed by atoms with van der Waals surface area (Å²) in [7, 11) is 0. The van der Waals surface area contributed by atoms with Gasteiger partial charge >= 0.3 is 0 Å². The fourth-order valence-electron chi connectivity index (χ4n) is 1.43. The molecule has 0 amide bonds. The van der Waals surface area contributed by atoms with Gasteiger partial charge in [-0.1, -0.05) is 12.2 Å². The number of benzene rings is 1. The maximum atomic E-state index is 13.1. The topological polar surface area (TPSA) is 35.2 Å². The van der Waals surface area contributed by atoms with Crippen LogP contribution in [0.4, 0.5) is 4.39 Å². The third-order valence-corrected chi connectivity index (χ3v) is 2.14. The number of hydrogen-bond acceptors (Lipinski definition) is 2. The number of rotatable bonds is 5. The van der Waals surface area contributed by atoms with Gasteiger partial charge in [-0.15, -0.1) is 0 Å². The van der Waals surface area contributed by atoms with Crippen LogP contribution in [-0.2, 0) is 6.42 Å². The van der Waals surface area contributed by atoms with E-state index in [1.165, 1.54) is 12.1 Å². The standard InChI is InChI=1S/C13H18FNO/c1-3-4-7-16-13-6-5-12(14)9-11(13)8-10(2)15/h3-6,9-10H,7-8,15H2,1-2H3/b4-3+. The Labute approximate surface area is 95.9 Å². The SMILES string of the molecule is C/C=C/COc1ccc(F)cc1CC(C)N. The van der Waals surface area contributed by atoms with Crippen molar-refractivity contribution in [3.63, 3.8) is 0 Å². The molecule has 2 nitrogen and oxygen atoms in total. The summed E-state index contributed by atoms with van der Waals surface area (Å²) in [4.78, 5) is 0. The molecule has 1 rings (SSSR count). The number of halogens is 1. The minimum atomic E-state index is -0.256. The summed E-state index contributed by atoms with van der Waals surface area (Å²) < 4.78 is 18.6. The lowest BCUT2D eigenvalue weighted by molar-refractivity contribution is 0.357. The van der Waals surface area contributed by atoms with Gasteiger partial charge in [-0.3, -0.25) is 0 Å². The summed E-state index contributed by atoms with van der Waals surface area (Å²) in [5.74, 6) is 0.450. The lowest BCUT2D eigenvalue weighted by atomic mass is 10.1. The van der Waals surface area contributed by atoms with Crippen LogP contribution in [0, 0.1) is 5.82 Å². The molecule has 3 heteroatoms. The molecule has 0 saturated carbocycles. The quantitative estimate of drug-likeness (QED) is 0.779. The molecule has 1 unspecified atom stereocenters. The van der Waals surface area contributed by atoms with Gasteiger partial charge in [0.2, 0.25) is 0 Å². The fourth-order valence-corrected chi connectivity index (χ4v) is 1.43. The van der Waals surface area contributed by atoms with E-state index in [9.17, 15) is 4.39 Å². The van der Waals surface area contributed by atoms with Crippen LogP contribution < -0.4 is 10.5 Å². The van der Waals surface area contributed by atoms with Crippen LogP contribution in [0.2, 0.25) is 0 Å². The molecule has 0 spiro atoms. The van der Waals surface area contributed by atoms with Crippen molar-refractivity contribution in [3.05, 3.63) is 41.7 Å². The van der Waals surface area contributed by atoms with Crippen molar-refractivity contribution < 1.29 is 9.13 Å². The molecule has 0 fully saturated rings. The van der Waals surface area contributed by atoms with Crippen molar-refractivity contribution in [3.8, 4) is 5.75 Å². The van der Waals surface area contributed by atoms with Crippen molar-refractivity contribution >= 4 is 0 Å². The van der Waals surface area contributed by atoms with Crippen LogP contribution in [-0.4, -0.2) is 12.6 Å². The van der Waals surface area contributed by atoms with Crippen LogP contribution in [0.5, 0.6) is 5.75 Å². The highest BCUT2D eigenvalue weighted by Gasteiger charge is 2.07. The van der Waals surface area contributed by atoms with E-state index in [4.69, 9.17) is 10.5 Å². The summed E-state index contributed by atoms with van der Waals surface area (Å²) in [6, 6.07) is 4.52. The van der Waals surface area contributed by atoms with Crippen molar-refractivity contribution in [2.45, 2.75) is 26.3 Å². The second kappa shape index (κ2) is 6.28. The second-order valence-electron chi connectivity index (χ2n) is 3.81. The van der Waals surface area contributed by atoms with E-state index >= 15 is 0 Å². The van der Waals surface area contributed by atoms with Crippen LogP contribution in [0.3, 0.4) is 0 Å². The summed E-state index contributed by atoms with van der Waals surface area (Å²) in [5, 5.41) is 0. The van der Waals surface area contributed by atoms with Gasteiger partial charge < -0.3 is 10.5 Å². The van der Waals surface area contributed by atoms with Gasteiger partial charge in [-0.2, -0.15) is 0 Å². The molecule has 0 aromatic heterocycles. The zero-order valence-corrected chi connectivity index (χ0v) is 9.74. The van der Waals surface area contributed by atoms with Gasteiger partial charge in [-0.25, -0.2) is 4.39 Å². The van der Waals surface area contributed by atoms with E-state index in [0.29, 0.717) is 18.8 Å². The number of allylic oxidation sites excluding steroid dienone is 1. The van der Waals surface area contributed by atoms with E-state index in [1.807, 2.05) is 26.0 Å². The first-order chi connectivity index (χ1) is 7.63. The Hall–Kier alpha value is -1.35. The molecule has 0 aliphatic carbocycles. The predicted molar refractivity (Wildman–Crippen MR) is 64.1 cm³/mol. The number of hydrogen-bond donors (Lipinski definition) is 1. The first-order valence-electron chi connectivity index (χ1n) is 5.41. The minimum Gasteiger partial charge on any atom is -0.489 e. The van der Waals surface area contributed by atoms with Crippen molar-refractivity contribution in [2.75, 3.05) is 6.61 Å². The Kier molecular flexibility index (Phi) is 4.99. The Bertz CT molecular complexity index is 361. The average molecular weight is 223 g/mol. The van der Waals surface area contributed by atoms with Crippen LogP contribution in [0.1, 0.15) is 19.4 Å². The molecule has 1 aromatic carbocycles. The van der Waals surface area contributed by atoms with E-state index < -0.39 is 0 Å². The third-order valence-electron chi connectivity index (χ3n) is 2.14. The molecule has 1 atom stereocenters. The van der Waals surface area contributed by atoms with Gasteiger partial charge in [0, 0.05) is 6.04 Å².